The van der Waals surface area contributed by atoms with Gasteiger partial charge in [-0.05, 0) is 44.9 Å². The normalized spacial score (nSPS) is 12.1. The van der Waals surface area contributed by atoms with Crippen molar-refractivity contribution in [1.82, 2.24) is 5.32 Å². The first kappa shape index (κ1) is 16.9. The summed E-state index contributed by atoms with van der Waals surface area (Å²) >= 11 is 4.98. The zero-order chi connectivity index (χ0) is 16.0. The Balaban J connectivity index is 2.77. The van der Waals surface area contributed by atoms with Gasteiger partial charge in [0, 0.05) is 0 Å². The molecule has 0 aliphatic heterocycles. The molecule has 0 saturated heterocycles. The van der Waals surface area contributed by atoms with Crippen LogP contribution in [0.1, 0.15) is 31.9 Å². The molecule has 5 nitrogen and oxygen atoms in total. The summed E-state index contributed by atoms with van der Waals surface area (Å²) in [5.74, 6) is 0. The molecule has 0 radical (unpaired) electrons. The molecule has 1 unspecified atom stereocenters. The first-order chi connectivity index (χ1) is 9.71. The molecule has 0 aliphatic carbocycles. The van der Waals surface area contributed by atoms with Crippen LogP contribution in [-0.2, 0) is 11.2 Å². The molecule has 0 saturated carbocycles. The molecule has 1 aromatic rings. The second kappa shape index (κ2) is 7.04. The number of ether oxygens (including phenoxy) is 1. The van der Waals surface area contributed by atoms with Crippen molar-refractivity contribution in [2.45, 2.75) is 38.8 Å². The van der Waals surface area contributed by atoms with Gasteiger partial charge in [0.1, 0.15) is 5.60 Å². The average Bonchev–Trinajstić information content (AvgIpc) is 2.36. The molecule has 1 atom stereocenters. The highest BCUT2D eigenvalue weighted by Crippen LogP contribution is 2.10. The molecular formula is C15H19N3O2S. The third kappa shape index (κ3) is 6.23. The Morgan fingerprint density at radius 2 is 2.19 bits per heavy atom. The first-order valence-electron chi connectivity index (χ1n) is 6.49. The van der Waals surface area contributed by atoms with Crippen molar-refractivity contribution in [3.05, 3.63) is 35.4 Å². The van der Waals surface area contributed by atoms with Crippen LogP contribution in [0.5, 0.6) is 0 Å². The van der Waals surface area contributed by atoms with Crippen LogP contribution in [-0.4, -0.2) is 22.7 Å². The fourth-order valence-corrected chi connectivity index (χ4v) is 1.82. The van der Waals surface area contributed by atoms with E-state index in [2.05, 4.69) is 11.4 Å². The van der Waals surface area contributed by atoms with Gasteiger partial charge in [-0.15, -0.1) is 0 Å². The number of amides is 1. The highest BCUT2D eigenvalue weighted by Gasteiger charge is 2.21. The van der Waals surface area contributed by atoms with E-state index in [1.165, 1.54) is 0 Å². The predicted molar refractivity (Wildman–Crippen MR) is 84.8 cm³/mol. The number of thiocarbonyl (C=S) groups is 1. The maximum Gasteiger partial charge on any atom is 0.408 e. The van der Waals surface area contributed by atoms with Gasteiger partial charge in [0.05, 0.1) is 22.7 Å². The van der Waals surface area contributed by atoms with Crippen molar-refractivity contribution in [3.63, 3.8) is 0 Å². The van der Waals surface area contributed by atoms with E-state index in [0.29, 0.717) is 12.0 Å². The number of benzene rings is 1. The Kier molecular flexibility index (Phi) is 5.68. The van der Waals surface area contributed by atoms with Crippen LogP contribution in [0.15, 0.2) is 24.3 Å². The summed E-state index contributed by atoms with van der Waals surface area (Å²) in [5, 5.41) is 11.5. The summed E-state index contributed by atoms with van der Waals surface area (Å²) in [6.07, 6.45) is -0.166. The Labute approximate surface area is 130 Å². The maximum atomic E-state index is 11.8. The number of nitrogens with zero attached hydrogens (tertiary/aromatic N) is 1. The van der Waals surface area contributed by atoms with Gasteiger partial charge >= 0.3 is 6.09 Å². The number of nitriles is 1. The smallest absolute Gasteiger partial charge is 0.408 e. The zero-order valence-electron chi connectivity index (χ0n) is 12.3. The van der Waals surface area contributed by atoms with E-state index in [1.807, 2.05) is 6.07 Å². The third-order valence-electron chi connectivity index (χ3n) is 2.53. The van der Waals surface area contributed by atoms with Crippen molar-refractivity contribution in [3.8, 4) is 6.07 Å². The fourth-order valence-electron chi connectivity index (χ4n) is 1.68. The van der Waals surface area contributed by atoms with Crippen LogP contribution < -0.4 is 11.1 Å². The molecule has 0 bridgehead atoms. The van der Waals surface area contributed by atoms with Crippen LogP contribution >= 0.6 is 12.2 Å². The van der Waals surface area contributed by atoms with Crippen LogP contribution in [0.4, 0.5) is 4.79 Å². The van der Waals surface area contributed by atoms with Crippen molar-refractivity contribution in [2.24, 2.45) is 5.73 Å². The minimum atomic E-state index is -0.592. The second-order valence-electron chi connectivity index (χ2n) is 5.62. The summed E-state index contributed by atoms with van der Waals surface area (Å²) < 4.78 is 5.18. The van der Waals surface area contributed by atoms with Crippen molar-refractivity contribution in [1.29, 1.82) is 5.26 Å². The minimum absolute atomic E-state index is 0.170. The molecule has 0 aliphatic rings. The fraction of sp³-hybridized carbons (Fsp3) is 0.400. The van der Waals surface area contributed by atoms with Gasteiger partial charge in [-0.25, -0.2) is 4.79 Å². The highest BCUT2D eigenvalue weighted by atomic mass is 32.1. The van der Waals surface area contributed by atoms with E-state index >= 15 is 0 Å². The number of hydrogen-bond acceptors (Lipinski definition) is 4. The first-order valence-corrected chi connectivity index (χ1v) is 6.90. The zero-order valence-corrected chi connectivity index (χ0v) is 13.2. The van der Waals surface area contributed by atoms with Crippen LogP contribution in [0.25, 0.3) is 0 Å². The summed E-state index contributed by atoms with van der Waals surface area (Å²) in [4.78, 5) is 12.0. The van der Waals surface area contributed by atoms with Crippen LogP contribution in [0, 0.1) is 11.3 Å². The molecule has 1 aromatic carbocycles. The molecule has 0 fully saturated rings. The monoisotopic (exact) mass is 305 g/mol. The van der Waals surface area contributed by atoms with Crippen LogP contribution in [0.2, 0.25) is 0 Å². The molecule has 1 amide bonds. The van der Waals surface area contributed by atoms with E-state index in [1.54, 1.807) is 39.0 Å². The minimum Gasteiger partial charge on any atom is -0.444 e. The number of carbonyl (C=O) groups is 1. The van der Waals surface area contributed by atoms with E-state index < -0.39 is 17.7 Å². The van der Waals surface area contributed by atoms with Crippen molar-refractivity contribution >= 4 is 23.3 Å². The standard InChI is InChI=1S/C15H19N3O2S/c1-15(2,3)20-14(19)18-12(13(17)21)8-10-5-4-6-11(7-10)9-16/h4-7,12H,8H2,1-3H3,(H2,17,21)(H,18,19). The van der Waals surface area contributed by atoms with E-state index in [4.69, 9.17) is 28.0 Å². The number of carbonyl (C=O) groups excluding carboxylic acids is 1. The van der Waals surface area contributed by atoms with Gasteiger partial charge in [-0.1, -0.05) is 24.4 Å². The average molecular weight is 305 g/mol. The van der Waals surface area contributed by atoms with Crippen LogP contribution in [0.3, 0.4) is 0 Å². The lowest BCUT2D eigenvalue weighted by atomic mass is 10.0. The largest absolute Gasteiger partial charge is 0.444 e. The highest BCUT2D eigenvalue weighted by molar-refractivity contribution is 7.80. The maximum absolute atomic E-state index is 11.8. The molecule has 112 valence electrons. The van der Waals surface area contributed by atoms with E-state index in [0.717, 1.165) is 5.56 Å². The second-order valence-corrected chi connectivity index (χ2v) is 6.09. The summed E-state index contributed by atoms with van der Waals surface area (Å²) in [6.45, 7) is 5.33. The number of nitrogens with one attached hydrogen (secondary N) is 1. The number of rotatable bonds is 4. The van der Waals surface area contributed by atoms with Gasteiger partial charge < -0.3 is 15.8 Å². The SMILES string of the molecule is CC(C)(C)OC(=O)NC(Cc1cccc(C#N)c1)C(N)=S. The Hall–Kier alpha value is -2.13. The van der Waals surface area contributed by atoms with Gasteiger partial charge in [0.25, 0.3) is 0 Å². The van der Waals surface area contributed by atoms with Crippen molar-refractivity contribution in [2.75, 3.05) is 0 Å². The molecule has 0 aromatic heterocycles. The van der Waals surface area contributed by atoms with Gasteiger partial charge in [-0.3, -0.25) is 0 Å². The molecule has 0 spiro atoms. The number of hydrogen-bond donors (Lipinski definition) is 2. The summed E-state index contributed by atoms with van der Waals surface area (Å²) in [6, 6.07) is 8.61. The van der Waals surface area contributed by atoms with Gasteiger partial charge in [0.2, 0.25) is 0 Å². The quantitative estimate of drug-likeness (QED) is 0.833. The molecule has 0 heterocycles. The molecular weight excluding hydrogens is 286 g/mol. The Morgan fingerprint density at radius 1 is 1.52 bits per heavy atom. The lowest BCUT2D eigenvalue weighted by molar-refractivity contribution is 0.0518. The predicted octanol–water partition coefficient (Wildman–Crippen LogP) is 2.28. The molecule has 21 heavy (non-hydrogen) atoms. The Bertz CT molecular complexity index is 573. The molecule has 1 rings (SSSR count). The number of alkyl carbamates (subject to hydrolysis) is 1. The molecule has 3 N–H and O–H groups in total. The topological polar surface area (TPSA) is 88.1 Å². The van der Waals surface area contributed by atoms with E-state index in [-0.39, 0.29) is 4.99 Å². The summed E-state index contributed by atoms with van der Waals surface area (Å²) in [7, 11) is 0. The van der Waals surface area contributed by atoms with Crippen molar-refractivity contribution < 1.29 is 9.53 Å². The summed E-state index contributed by atoms with van der Waals surface area (Å²) in [5.41, 5.74) is 6.48. The Morgan fingerprint density at radius 3 is 2.71 bits per heavy atom. The van der Waals surface area contributed by atoms with E-state index in [9.17, 15) is 4.79 Å². The third-order valence-corrected chi connectivity index (χ3v) is 2.81. The molecule has 6 heteroatoms. The van der Waals surface area contributed by atoms with Gasteiger partial charge in [-0.2, -0.15) is 5.26 Å². The lowest BCUT2D eigenvalue weighted by Crippen LogP contribution is -2.46. The van der Waals surface area contributed by atoms with Gasteiger partial charge in [0.15, 0.2) is 0 Å². The number of nitrogens with two attached hydrogens (primary N) is 1. The lowest BCUT2D eigenvalue weighted by Gasteiger charge is -2.23.